The predicted molar refractivity (Wildman–Crippen MR) is 83.2 cm³/mol. The van der Waals surface area contributed by atoms with Gasteiger partial charge >= 0.3 is 0 Å². The van der Waals surface area contributed by atoms with E-state index in [9.17, 15) is 0 Å². The number of amidine groups is 1. The fourth-order valence-electron chi connectivity index (χ4n) is 2.59. The summed E-state index contributed by atoms with van der Waals surface area (Å²) in [4.78, 5) is 7.20. The Morgan fingerprint density at radius 2 is 1.63 bits per heavy atom. The van der Waals surface area contributed by atoms with Crippen LogP contribution in [0.3, 0.4) is 0 Å². The molecule has 1 fully saturated rings. The standard InChI is InChI=1S/C17H24N2/c1-13(2)18-17-12-11-15-9-7-5-6-8-10-16(15)19(17)14(3)4/h5-10,13-14H,11-12H2,1-4H3/b6-5?,7-5-,8-6-,9-7?,10-8?,15-9?,16-10?,18-17?. The van der Waals surface area contributed by atoms with Gasteiger partial charge in [-0.3, -0.25) is 4.99 Å². The van der Waals surface area contributed by atoms with E-state index >= 15 is 0 Å². The molecular formula is C17H24N2. The Kier molecular flexibility index (Phi) is 4.41. The molecule has 0 unspecified atom stereocenters. The Bertz CT molecular complexity index is 473. The molecule has 2 aliphatic rings. The van der Waals surface area contributed by atoms with Crippen LogP contribution in [0.15, 0.2) is 52.7 Å². The smallest absolute Gasteiger partial charge is 0.104 e. The normalized spacial score (nSPS) is 24.7. The lowest BCUT2D eigenvalue weighted by Gasteiger charge is -2.38. The van der Waals surface area contributed by atoms with Crippen molar-refractivity contribution in [3.8, 4) is 0 Å². The van der Waals surface area contributed by atoms with Crippen molar-refractivity contribution in [2.45, 2.75) is 52.6 Å². The second kappa shape index (κ2) is 6.05. The zero-order chi connectivity index (χ0) is 13.8. The molecule has 0 amide bonds. The molecule has 1 saturated heterocycles. The summed E-state index contributed by atoms with van der Waals surface area (Å²) in [5.74, 6) is 1.23. The SMILES string of the molecule is CC(C)N=C1CCC2=C/C=C\C=C/C=C2N1C(C)C. The Labute approximate surface area is 116 Å². The van der Waals surface area contributed by atoms with Crippen molar-refractivity contribution in [2.24, 2.45) is 4.99 Å². The Morgan fingerprint density at radius 3 is 2.26 bits per heavy atom. The molecule has 0 aromatic carbocycles. The molecule has 1 aliphatic carbocycles. The van der Waals surface area contributed by atoms with Gasteiger partial charge in [0.2, 0.25) is 0 Å². The third-order valence-corrected chi connectivity index (χ3v) is 3.29. The van der Waals surface area contributed by atoms with Gasteiger partial charge in [-0.25, -0.2) is 0 Å². The van der Waals surface area contributed by atoms with Crippen molar-refractivity contribution >= 4 is 5.84 Å². The average Bonchev–Trinajstić information content (AvgIpc) is 2.29. The van der Waals surface area contributed by atoms with Crippen LogP contribution in [0.1, 0.15) is 40.5 Å². The van der Waals surface area contributed by atoms with Crippen molar-refractivity contribution in [2.75, 3.05) is 0 Å². The van der Waals surface area contributed by atoms with Crippen molar-refractivity contribution in [3.63, 3.8) is 0 Å². The number of rotatable bonds is 2. The summed E-state index contributed by atoms with van der Waals surface area (Å²) < 4.78 is 0. The van der Waals surface area contributed by atoms with Crippen LogP contribution >= 0.6 is 0 Å². The monoisotopic (exact) mass is 256 g/mol. The molecule has 0 atom stereocenters. The van der Waals surface area contributed by atoms with Crippen LogP contribution in [0.25, 0.3) is 0 Å². The molecular weight excluding hydrogens is 232 g/mol. The van der Waals surface area contributed by atoms with Gasteiger partial charge in [-0.05, 0) is 45.8 Å². The van der Waals surface area contributed by atoms with Crippen molar-refractivity contribution in [3.05, 3.63) is 47.7 Å². The van der Waals surface area contributed by atoms with E-state index in [1.807, 2.05) is 0 Å². The van der Waals surface area contributed by atoms with Crippen LogP contribution < -0.4 is 0 Å². The number of hydrogen-bond acceptors (Lipinski definition) is 1. The lowest BCUT2D eigenvalue weighted by molar-refractivity contribution is 0.404. The fraction of sp³-hybridized carbons (Fsp3) is 0.471. The van der Waals surface area contributed by atoms with E-state index in [1.54, 1.807) is 0 Å². The van der Waals surface area contributed by atoms with E-state index in [-0.39, 0.29) is 0 Å². The van der Waals surface area contributed by atoms with E-state index in [4.69, 9.17) is 4.99 Å². The van der Waals surface area contributed by atoms with Gasteiger partial charge < -0.3 is 4.90 Å². The molecule has 0 N–H and O–H groups in total. The van der Waals surface area contributed by atoms with E-state index in [1.165, 1.54) is 17.1 Å². The van der Waals surface area contributed by atoms with Gasteiger partial charge in [-0.2, -0.15) is 0 Å². The second-order valence-electron chi connectivity index (χ2n) is 5.62. The molecule has 2 heteroatoms. The summed E-state index contributed by atoms with van der Waals surface area (Å²) in [6.45, 7) is 8.76. The Morgan fingerprint density at radius 1 is 0.947 bits per heavy atom. The molecule has 19 heavy (non-hydrogen) atoms. The van der Waals surface area contributed by atoms with E-state index in [0.717, 1.165) is 12.8 Å². The van der Waals surface area contributed by atoms with Crippen LogP contribution in [-0.2, 0) is 0 Å². The van der Waals surface area contributed by atoms with Gasteiger partial charge in [-0.15, -0.1) is 0 Å². The molecule has 0 spiro atoms. The van der Waals surface area contributed by atoms with Gasteiger partial charge in [0, 0.05) is 24.2 Å². The van der Waals surface area contributed by atoms with Crippen LogP contribution in [0.2, 0.25) is 0 Å². The van der Waals surface area contributed by atoms with E-state index < -0.39 is 0 Å². The van der Waals surface area contributed by atoms with E-state index in [0.29, 0.717) is 12.1 Å². The lowest BCUT2D eigenvalue weighted by atomic mass is 9.96. The number of allylic oxidation sites excluding steroid dienone is 7. The first-order valence-corrected chi connectivity index (χ1v) is 7.20. The topological polar surface area (TPSA) is 15.6 Å². The third kappa shape index (κ3) is 3.25. The molecule has 0 saturated carbocycles. The zero-order valence-electron chi connectivity index (χ0n) is 12.4. The van der Waals surface area contributed by atoms with E-state index in [2.05, 4.69) is 69.1 Å². The van der Waals surface area contributed by atoms with Crippen molar-refractivity contribution < 1.29 is 0 Å². The molecule has 0 aromatic rings. The highest BCUT2D eigenvalue weighted by molar-refractivity contribution is 5.87. The molecule has 0 aromatic heterocycles. The molecule has 0 bridgehead atoms. The molecule has 1 heterocycles. The maximum Gasteiger partial charge on any atom is 0.104 e. The van der Waals surface area contributed by atoms with Gasteiger partial charge in [-0.1, -0.05) is 30.4 Å². The number of likely N-dealkylation sites (tertiary alicyclic amines) is 1. The molecule has 1 aliphatic heterocycles. The minimum atomic E-state index is 0.353. The van der Waals surface area contributed by atoms with Gasteiger partial charge in [0.05, 0.1) is 0 Å². The fourth-order valence-corrected chi connectivity index (χ4v) is 2.59. The van der Waals surface area contributed by atoms with Crippen molar-refractivity contribution in [1.82, 2.24) is 4.90 Å². The highest BCUT2D eigenvalue weighted by Crippen LogP contribution is 2.31. The summed E-state index contributed by atoms with van der Waals surface area (Å²) in [6.07, 6.45) is 15.0. The first-order valence-electron chi connectivity index (χ1n) is 7.20. The number of aliphatic imine (C=N–C) groups is 1. The van der Waals surface area contributed by atoms with Gasteiger partial charge in [0.1, 0.15) is 5.84 Å². The van der Waals surface area contributed by atoms with Gasteiger partial charge in [0.15, 0.2) is 0 Å². The molecule has 2 rings (SSSR count). The second-order valence-corrected chi connectivity index (χ2v) is 5.62. The zero-order valence-corrected chi connectivity index (χ0v) is 12.4. The summed E-state index contributed by atoms with van der Waals surface area (Å²) in [7, 11) is 0. The first kappa shape index (κ1) is 13.9. The highest BCUT2D eigenvalue weighted by atomic mass is 15.2. The number of piperidine rings is 1. The Hall–Kier alpha value is -1.57. The van der Waals surface area contributed by atoms with Gasteiger partial charge in [0.25, 0.3) is 0 Å². The molecule has 0 radical (unpaired) electrons. The summed E-state index contributed by atoms with van der Waals surface area (Å²) in [5.41, 5.74) is 2.72. The third-order valence-electron chi connectivity index (χ3n) is 3.29. The lowest BCUT2D eigenvalue weighted by Crippen LogP contribution is -2.40. The minimum Gasteiger partial charge on any atom is -0.327 e. The van der Waals surface area contributed by atoms with Crippen LogP contribution in [0.4, 0.5) is 0 Å². The maximum atomic E-state index is 4.82. The summed E-state index contributed by atoms with van der Waals surface area (Å²) in [6, 6.07) is 0.788. The summed E-state index contributed by atoms with van der Waals surface area (Å²) >= 11 is 0. The largest absolute Gasteiger partial charge is 0.327 e. The number of hydrogen-bond donors (Lipinski definition) is 0. The number of fused-ring (bicyclic) bond motifs is 1. The van der Waals surface area contributed by atoms with Crippen LogP contribution in [0, 0.1) is 0 Å². The number of nitrogens with zero attached hydrogens (tertiary/aromatic N) is 2. The Balaban J connectivity index is 2.42. The predicted octanol–water partition coefficient (Wildman–Crippen LogP) is 4.23. The van der Waals surface area contributed by atoms with Crippen molar-refractivity contribution in [1.29, 1.82) is 0 Å². The molecule has 102 valence electrons. The maximum absolute atomic E-state index is 4.82. The molecule has 2 nitrogen and oxygen atoms in total. The minimum absolute atomic E-state index is 0.353. The van der Waals surface area contributed by atoms with Crippen LogP contribution in [-0.4, -0.2) is 22.8 Å². The van der Waals surface area contributed by atoms with Crippen LogP contribution in [0.5, 0.6) is 0 Å². The first-order chi connectivity index (χ1) is 9.09. The summed E-state index contributed by atoms with van der Waals surface area (Å²) in [5, 5.41) is 0. The highest BCUT2D eigenvalue weighted by Gasteiger charge is 2.26. The average molecular weight is 256 g/mol. The quantitative estimate of drug-likeness (QED) is 0.721.